The molecule has 0 aromatic heterocycles. The third-order valence-corrected chi connectivity index (χ3v) is 3.37. The molecule has 0 bridgehead atoms. The summed E-state index contributed by atoms with van der Waals surface area (Å²) in [7, 11) is 3.34. The zero-order valence-electron chi connectivity index (χ0n) is 12.4. The van der Waals surface area contributed by atoms with Gasteiger partial charge < -0.3 is 15.1 Å². The van der Waals surface area contributed by atoms with Gasteiger partial charge in [0.25, 0.3) is 5.91 Å². The Hall–Kier alpha value is -2.53. The van der Waals surface area contributed by atoms with Gasteiger partial charge in [-0.25, -0.2) is 0 Å². The average molecular weight is 285 g/mol. The normalized spacial score (nSPS) is 10.1. The number of carbonyl (C=O) groups is 1. The predicted molar refractivity (Wildman–Crippen MR) is 84.7 cm³/mol. The van der Waals surface area contributed by atoms with E-state index in [2.05, 4.69) is 5.43 Å². The largest absolute Gasteiger partial charge is 0.497 e. The molecule has 0 aliphatic heterocycles. The van der Waals surface area contributed by atoms with Crippen molar-refractivity contribution < 1.29 is 9.53 Å². The predicted octanol–water partition coefficient (Wildman–Crippen LogP) is 2.57. The van der Waals surface area contributed by atoms with Gasteiger partial charge in [-0.15, -0.1) is 0 Å². The molecule has 0 saturated carbocycles. The molecule has 0 radical (unpaired) electrons. The first-order valence-electron chi connectivity index (χ1n) is 6.56. The number of hydrazine groups is 1. The molecule has 5 heteroatoms. The Kier molecular flexibility index (Phi) is 4.45. The van der Waals surface area contributed by atoms with E-state index in [-0.39, 0.29) is 5.91 Å². The number of benzene rings is 2. The standard InChI is InChI=1S/C16H19N3O2/c1-11-9-12(18-17)7-8-15(11)16(20)19(2)13-5-4-6-14(10-13)21-3/h4-10,18H,17H2,1-3H3. The zero-order valence-corrected chi connectivity index (χ0v) is 12.4. The van der Waals surface area contributed by atoms with Gasteiger partial charge in [0.1, 0.15) is 5.75 Å². The van der Waals surface area contributed by atoms with Gasteiger partial charge in [-0.2, -0.15) is 0 Å². The lowest BCUT2D eigenvalue weighted by atomic mass is 10.1. The number of nitrogens with two attached hydrogens (primary N) is 1. The maximum Gasteiger partial charge on any atom is 0.258 e. The van der Waals surface area contributed by atoms with E-state index in [9.17, 15) is 4.79 Å². The van der Waals surface area contributed by atoms with Crippen LogP contribution in [0, 0.1) is 6.92 Å². The topological polar surface area (TPSA) is 67.6 Å². The molecule has 1 amide bonds. The summed E-state index contributed by atoms with van der Waals surface area (Å²) in [5.74, 6) is 6.00. The quantitative estimate of drug-likeness (QED) is 0.669. The fraction of sp³-hybridized carbons (Fsp3) is 0.188. The number of anilines is 2. The Morgan fingerprint density at radius 3 is 2.62 bits per heavy atom. The van der Waals surface area contributed by atoms with Gasteiger partial charge in [-0.1, -0.05) is 6.07 Å². The summed E-state index contributed by atoms with van der Waals surface area (Å²) in [6.07, 6.45) is 0. The van der Waals surface area contributed by atoms with E-state index in [1.807, 2.05) is 37.3 Å². The Morgan fingerprint density at radius 2 is 2.00 bits per heavy atom. The summed E-state index contributed by atoms with van der Waals surface area (Å²) in [6, 6.07) is 12.8. The van der Waals surface area contributed by atoms with Gasteiger partial charge in [0.15, 0.2) is 0 Å². The van der Waals surface area contributed by atoms with Crippen LogP contribution in [0.5, 0.6) is 5.75 Å². The van der Waals surface area contributed by atoms with Crippen molar-refractivity contribution in [2.24, 2.45) is 5.84 Å². The van der Waals surface area contributed by atoms with Crippen LogP contribution in [-0.4, -0.2) is 20.1 Å². The number of hydrogen-bond donors (Lipinski definition) is 2. The number of rotatable bonds is 4. The molecule has 3 N–H and O–H groups in total. The second-order valence-electron chi connectivity index (χ2n) is 4.74. The Morgan fingerprint density at radius 1 is 1.24 bits per heavy atom. The summed E-state index contributed by atoms with van der Waals surface area (Å²) in [5, 5.41) is 0. The van der Waals surface area contributed by atoms with Gasteiger partial charge in [0.2, 0.25) is 0 Å². The zero-order chi connectivity index (χ0) is 15.4. The fourth-order valence-electron chi connectivity index (χ4n) is 2.11. The van der Waals surface area contributed by atoms with Crippen molar-refractivity contribution in [1.82, 2.24) is 0 Å². The van der Waals surface area contributed by atoms with E-state index < -0.39 is 0 Å². The lowest BCUT2D eigenvalue weighted by Gasteiger charge is -2.19. The Balaban J connectivity index is 2.30. The average Bonchev–Trinajstić information content (AvgIpc) is 2.53. The Bertz CT molecular complexity index is 656. The summed E-state index contributed by atoms with van der Waals surface area (Å²) in [5.41, 5.74) is 5.62. The number of hydrogen-bond acceptors (Lipinski definition) is 4. The van der Waals surface area contributed by atoms with Crippen LogP contribution in [0.15, 0.2) is 42.5 Å². The molecule has 21 heavy (non-hydrogen) atoms. The number of nitrogen functional groups attached to an aromatic ring is 1. The Labute approximate surface area is 124 Å². The molecule has 0 atom stereocenters. The van der Waals surface area contributed by atoms with Crippen molar-refractivity contribution in [3.05, 3.63) is 53.6 Å². The number of amides is 1. The van der Waals surface area contributed by atoms with E-state index in [1.165, 1.54) is 0 Å². The smallest absolute Gasteiger partial charge is 0.258 e. The summed E-state index contributed by atoms with van der Waals surface area (Å²) >= 11 is 0. The van der Waals surface area contributed by atoms with Crippen molar-refractivity contribution >= 4 is 17.3 Å². The molecule has 0 unspecified atom stereocenters. The lowest BCUT2D eigenvalue weighted by Crippen LogP contribution is -2.27. The monoisotopic (exact) mass is 285 g/mol. The lowest BCUT2D eigenvalue weighted by molar-refractivity contribution is 0.0992. The van der Waals surface area contributed by atoms with Crippen LogP contribution in [0.2, 0.25) is 0 Å². The highest BCUT2D eigenvalue weighted by Crippen LogP contribution is 2.23. The second kappa shape index (κ2) is 6.28. The second-order valence-corrected chi connectivity index (χ2v) is 4.74. The van der Waals surface area contributed by atoms with E-state index in [0.717, 1.165) is 16.9 Å². The highest BCUT2D eigenvalue weighted by molar-refractivity contribution is 6.07. The molecule has 0 saturated heterocycles. The molecule has 2 rings (SSSR count). The first-order valence-corrected chi connectivity index (χ1v) is 6.56. The SMILES string of the molecule is COc1cccc(N(C)C(=O)c2ccc(NN)cc2C)c1. The summed E-state index contributed by atoms with van der Waals surface area (Å²) in [4.78, 5) is 14.2. The van der Waals surface area contributed by atoms with Crippen LogP contribution in [0.25, 0.3) is 0 Å². The molecule has 5 nitrogen and oxygen atoms in total. The first kappa shape index (κ1) is 14.9. The van der Waals surface area contributed by atoms with Crippen LogP contribution in [0.3, 0.4) is 0 Å². The number of nitrogens with zero attached hydrogens (tertiary/aromatic N) is 1. The van der Waals surface area contributed by atoms with Gasteiger partial charge in [0.05, 0.1) is 7.11 Å². The van der Waals surface area contributed by atoms with Crippen LogP contribution in [0.1, 0.15) is 15.9 Å². The minimum absolute atomic E-state index is 0.0793. The number of methoxy groups -OCH3 is 1. The van der Waals surface area contributed by atoms with Crippen molar-refractivity contribution in [3.8, 4) is 5.75 Å². The van der Waals surface area contributed by atoms with Gasteiger partial charge in [0, 0.05) is 30.1 Å². The maximum absolute atomic E-state index is 12.6. The molecule has 0 spiro atoms. The molecule has 0 aliphatic carbocycles. The van der Waals surface area contributed by atoms with Crippen molar-refractivity contribution in [2.45, 2.75) is 6.92 Å². The van der Waals surface area contributed by atoms with Gasteiger partial charge in [-0.3, -0.25) is 10.6 Å². The molecular weight excluding hydrogens is 266 g/mol. The highest BCUT2D eigenvalue weighted by Gasteiger charge is 2.16. The van der Waals surface area contributed by atoms with E-state index in [1.54, 1.807) is 31.2 Å². The van der Waals surface area contributed by atoms with Crippen LogP contribution >= 0.6 is 0 Å². The van der Waals surface area contributed by atoms with E-state index in [4.69, 9.17) is 10.6 Å². The minimum atomic E-state index is -0.0793. The van der Waals surface area contributed by atoms with Gasteiger partial charge >= 0.3 is 0 Å². The first-order chi connectivity index (χ1) is 10.1. The molecule has 0 heterocycles. The van der Waals surface area contributed by atoms with E-state index >= 15 is 0 Å². The van der Waals surface area contributed by atoms with Crippen molar-refractivity contribution in [3.63, 3.8) is 0 Å². The molecule has 2 aromatic carbocycles. The van der Waals surface area contributed by atoms with Gasteiger partial charge in [-0.05, 0) is 42.8 Å². The molecule has 0 aliphatic rings. The number of nitrogens with one attached hydrogen (secondary N) is 1. The molecule has 2 aromatic rings. The van der Waals surface area contributed by atoms with Crippen LogP contribution < -0.4 is 20.9 Å². The third kappa shape index (κ3) is 3.14. The van der Waals surface area contributed by atoms with Crippen molar-refractivity contribution in [1.29, 1.82) is 0 Å². The highest BCUT2D eigenvalue weighted by atomic mass is 16.5. The van der Waals surface area contributed by atoms with E-state index in [0.29, 0.717) is 11.3 Å². The number of aryl methyl sites for hydroxylation is 1. The number of ether oxygens (including phenoxy) is 1. The van der Waals surface area contributed by atoms with Crippen molar-refractivity contribution in [2.75, 3.05) is 24.5 Å². The molecule has 110 valence electrons. The van der Waals surface area contributed by atoms with Crippen LogP contribution in [0.4, 0.5) is 11.4 Å². The fourth-order valence-corrected chi connectivity index (χ4v) is 2.11. The third-order valence-electron chi connectivity index (χ3n) is 3.37. The number of carbonyl (C=O) groups excluding carboxylic acids is 1. The summed E-state index contributed by atoms with van der Waals surface area (Å²) < 4.78 is 5.18. The summed E-state index contributed by atoms with van der Waals surface area (Å²) in [6.45, 7) is 1.88. The maximum atomic E-state index is 12.6. The molecular formula is C16H19N3O2. The molecule has 0 fully saturated rings. The van der Waals surface area contributed by atoms with Crippen LogP contribution in [-0.2, 0) is 0 Å². The minimum Gasteiger partial charge on any atom is -0.497 e.